The zero-order valence-corrected chi connectivity index (χ0v) is 10.3. The van der Waals surface area contributed by atoms with Gasteiger partial charge in [0.1, 0.15) is 0 Å². The standard InChI is InChI=1S/C11H19NO2.ClH/c1-10-5-11(2,6-10)8-12(7-10)4-3-9(13)14;/h3-8H2,1-2H3,(H,13,14);1H. The van der Waals surface area contributed by atoms with Crippen LogP contribution in [0.4, 0.5) is 0 Å². The SMILES string of the molecule is CC12CN(CCC(=O)O)CC(C)(C1)C2.Cl. The van der Waals surface area contributed by atoms with Gasteiger partial charge in [-0.1, -0.05) is 13.8 Å². The number of fused-ring (bicyclic) bond motifs is 2. The summed E-state index contributed by atoms with van der Waals surface area (Å²) in [7, 11) is 0. The molecule has 0 spiro atoms. The van der Waals surface area contributed by atoms with E-state index in [4.69, 9.17) is 5.11 Å². The molecule has 3 aliphatic rings. The van der Waals surface area contributed by atoms with E-state index in [0.717, 1.165) is 19.6 Å². The van der Waals surface area contributed by atoms with Crippen LogP contribution < -0.4 is 0 Å². The van der Waals surface area contributed by atoms with Crippen LogP contribution in [0.15, 0.2) is 0 Å². The smallest absolute Gasteiger partial charge is 0.304 e. The molecule has 0 unspecified atom stereocenters. The third kappa shape index (κ3) is 2.64. The average molecular weight is 234 g/mol. The Bertz CT molecular complexity index is 245. The highest BCUT2D eigenvalue weighted by molar-refractivity contribution is 5.85. The minimum atomic E-state index is -0.681. The van der Waals surface area contributed by atoms with E-state index in [1.807, 2.05) is 0 Å². The summed E-state index contributed by atoms with van der Waals surface area (Å²) in [6.07, 6.45) is 2.93. The van der Waals surface area contributed by atoms with Crippen molar-refractivity contribution in [1.82, 2.24) is 4.90 Å². The molecule has 2 saturated heterocycles. The molecule has 0 amide bonds. The maximum Gasteiger partial charge on any atom is 0.304 e. The normalized spacial score (nSPS) is 39.1. The minimum Gasteiger partial charge on any atom is -0.481 e. The molecule has 1 saturated carbocycles. The van der Waals surface area contributed by atoms with Gasteiger partial charge in [0.25, 0.3) is 0 Å². The Labute approximate surface area is 97.2 Å². The molecule has 2 aliphatic heterocycles. The molecule has 0 aromatic rings. The van der Waals surface area contributed by atoms with E-state index < -0.39 is 5.97 Å². The average Bonchev–Trinajstić information content (AvgIpc) is 1.96. The quantitative estimate of drug-likeness (QED) is 0.811. The summed E-state index contributed by atoms with van der Waals surface area (Å²) in [6, 6.07) is 0. The first-order valence-corrected chi connectivity index (χ1v) is 5.35. The maximum absolute atomic E-state index is 10.5. The number of nitrogens with zero attached hydrogens (tertiary/aromatic N) is 1. The first-order chi connectivity index (χ1) is 6.41. The Hall–Kier alpha value is -0.280. The van der Waals surface area contributed by atoms with Crippen molar-refractivity contribution < 1.29 is 9.90 Å². The van der Waals surface area contributed by atoms with Crippen LogP contribution in [-0.2, 0) is 4.79 Å². The molecule has 4 heteroatoms. The number of hydrogen-bond acceptors (Lipinski definition) is 2. The number of hydrogen-bond donors (Lipinski definition) is 1. The van der Waals surface area contributed by atoms with Gasteiger partial charge in [-0.25, -0.2) is 0 Å². The van der Waals surface area contributed by atoms with Crippen LogP contribution in [0, 0.1) is 10.8 Å². The van der Waals surface area contributed by atoms with Crippen molar-refractivity contribution in [3.63, 3.8) is 0 Å². The summed E-state index contributed by atoms with van der Waals surface area (Å²) in [4.78, 5) is 12.8. The molecule has 0 radical (unpaired) electrons. The number of carboxylic acid groups (broad SMARTS) is 1. The van der Waals surface area contributed by atoms with Gasteiger partial charge in [-0.15, -0.1) is 12.4 Å². The second-order valence-corrected chi connectivity index (χ2v) is 5.83. The zero-order valence-electron chi connectivity index (χ0n) is 9.45. The van der Waals surface area contributed by atoms with Gasteiger partial charge in [-0.3, -0.25) is 4.79 Å². The summed E-state index contributed by atoms with van der Waals surface area (Å²) >= 11 is 0. The number of halogens is 1. The fourth-order valence-electron chi connectivity index (χ4n) is 3.78. The molecule has 1 N–H and O–H groups in total. The third-order valence-electron chi connectivity index (χ3n) is 3.56. The molecule has 0 aromatic heterocycles. The van der Waals surface area contributed by atoms with E-state index in [2.05, 4.69) is 18.7 Å². The molecular formula is C11H20ClNO2. The molecule has 2 bridgehead atoms. The summed E-state index contributed by atoms with van der Waals surface area (Å²) in [5.41, 5.74) is 0.955. The van der Waals surface area contributed by atoms with Crippen LogP contribution >= 0.6 is 12.4 Å². The number of carbonyl (C=O) groups is 1. The molecule has 0 atom stereocenters. The maximum atomic E-state index is 10.5. The van der Waals surface area contributed by atoms with Crippen LogP contribution in [0.5, 0.6) is 0 Å². The van der Waals surface area contributed by atoms with Crippen LogP contribution in [0.25, 0.3) is 0 Å². The van der Waals surface area contributed by atoms with Crippen molar-refractivity contribution in [2.75, 3.05) is 19.6 Å². The lowest BCUT2D eigenvalue weighted by molar-refractivity contribution is -0.140. The topological polar surface area (TPSA) is 40.5 Å². The lowest BCUT2D eigenvalue weighted by atomic mass is 9.51. The monoisotopic (exact) mass is 233 g/mol. The van der Waals surface area contributed by atoms with Gasteiger partial charge in [0, 0.05) is 19.6 Å². The molecule has 1 aliphatic carbocycles. The van der Waals surface area contributed by atoms with E-state index in [1.54, 1.807) is 0 Å². The van der Waals surface area contributed by atoms with Crippen LogP contribution in [0.2, 0.25) is 0 Å². The van der Waals surface area contributed by atoms with Gasteiger partial charge in [0.2, 0.25) is 0 Å². The molecule has 3 fully saturated rings. The van der Waals surface area contributed by atoms with Crippen LogP contribution in [-0.4, -0.2) is 35.6 Å². The fraction of sp³-hybridized carbons (Fsp3) is 0.909. The summed E-state index contributed by atoms with van der Waals surface area (Å²) < 4.78 is 0. The largest absolute Gasteiger partial charge is 0.481 e. The summed E-state index contributed by atoms with van der Waals surface area (Å²) in [5, 5.41) is 8.62. The molecular weight excluding hydrogens is 214 g/mol. The molecule has 3 nitrogen and oxygen atoms in total. The van der Waals surface area contributed by atoms with Gasteiger partial charge in [0.05, 0.1) is 6.42 Å². The van der Waals surface area contributed by atoms with E-state index in [0.29, 0.717) is 10.8 Å². The van der Waals surface area contributed by atoms with Gasteiger partial charge < -0.3 is 10.0 Å². The molecule has 88 valence electrons. The van der Waals surface area contributed by atoms with Crippen molar-refractivity contribution >= 4 is 18.4 Å². The Balaban J connectivity index is 0.00000112. The van der Waals surface area contributed by atoms with E-state index in [9.17, 15) is 4.79 Å². The third-order valence-corrected chi connectivity index (χ3v) is 3.56. The summed E-state index contributed by atoms with van der Waals surface area (Å²) in [6.45, 7) is 7.55. The molecule has 3 rings (SSSR count). The second-order valence-electron chi connectivity index (χ2n) is 5.83. The minimum absolute atomic E-state index is 0. The van der Waals surface area contributed by atoms with Crippen molar-refractivity contribution in [1.29, 1.82) is 0 Å². The van der Waals surface area contributed by atoms with E-state index in [1.165, 1.54) is 12.8 Å². The van der Waals surface area contributed by atoms with Gasteiger partial charge in [-0.2, -0.15) is 0 Å². The van der Waals surface area contributed by atoms with Crippen molar-refractivity contribution in [3.8, 4) is 0 Å². The lowest BCUT2D eigenvalue weighted by Crippen LogP contribution is -2.60. The molecule has 0 aromatic carbocycles. The second kappa shape index (κ2) is 3.95. The van der Waals surface area contributed by atoms with Crippen LogP contribution in [0.1, 0.15) is 33.1 Å². The van der Waals surface area contributed by atoms with Crippen molar-refractivity contribution in [2.45, 2.75) is 33.1 Å². The highest BCUT2D eigenvalue weighted by atomic mass is 35.5. The Morgan fingerprint density at radius 2 is 1.73 bits per heavy atom. The molecule has 2 heterocycles. The van der Waals surface area contributed by atoms with Gasteiger partial charge in [-0.05, 0) is 23.7 Å². The Kier molecular flexibility index (Phi) is 3.36. The number of aliphatic carboxylic acids is 1. The molecule has 15 heavy (non-hydrogen) atoms. The number of carboxylic acids is 1. The van der Waals surface area contributed by atoms with Crippen molar-refractivity contribution in [3.05, 3.63) is 0 Å². The fourth-order valence-corrected chi connectivity index (χ4v) is 3.78. The van der Waals surface area contributed by atoms with Gasteiger partial charge in [0.15, 0.2) is 0 Å². The predicted molar refractivity (Wildman–Crippen MR) is 61.4 cm³/mol. The highest BCUT2D eigenvalue weighted by Crippen LogP contribution is 2.58. The Morgan fingerprint density at radius 1 is 1.27 bits per heavy atom. The lowest BCUT2D eigenvalue weighted by Gasteiger charge is -2.61. The van der Waals surface area contributed by atoms with Crippen LogP contribution in [0.3, 0.4) is 0 Å². The number of piperidine rings is 2. The van der Waals surface area contributed by atoms with E-state index >= 15 is 0 Å². The number of rotatable bonds is 3. The van der Waals surface area contributed by atoms with Gasteiger partial charge >= 0.3 is 5.97 Å². The van der Waals surface area contributed by atoms with E-state index in [-0.39, 0.29) is 18.8 Å². The zero-order chi connectivity index (χ0) is 10.4. The summed E-state index contributed by atoms with van der Waals surface area (Å²) in [5.74, 6) is -0.681. The predicted octanol–water partition coefficient (Wildman–Crippen LogP) is 2.00. The Morgan fingerprint density at radius 3 is 2.13 bits per heavy atom. The highest BCUT2D eigenvalue weighted by Gasteiger charge is 2.53. The van der Waals surface area contributed by atoms with Crippen molar-refractivity contribution in [2.24, 2.45) is 10.8 Å². The first-order valence-electron chi connectivity index (χ1n) is 5.35. The first kappa shape index (κ1) is 12.8.